The maximum atomic E-state index is 13.1. The summed E-state index contributed by atoms with van der Waals surface area (Å²) in [4.78, 5) is 8.61. The van der Waals surface area contributed by atoms with Crippen LogP contribution >= 0.6 is 0 Å². The zero-order chi connectivity index (χ0) is 17.2. The highest BCUT2D eigenvalue weighted by Gasteiger charge is 2.01. The van der Waals surface area contributed by atoms with E-state index in [9.17, 15) is 4.39 Å². The van der Waals surface area contributed by atoms with Gasteiger partial charge < -0.3 is 15.2 Å². The van der Waals surface area contributed by atoms with Crippen molar-refractivity contribution in [2.45, 2.75) is 33.2 Å². The topological polar surface area (TPSA) is 54.2 Å². The Morgan fingerprint density at radius 3 is 2.92 bits per heavy atom. The molecule has 2 aromatic rings. The molecule has 1 aromatic carbocycles. The number of halogens is 1. The van der Waals surface area contributed by atoms with Crippen LogP contribution in [0.15, 0.2) is 41.9 Å². The first-order chi connectivity index (χ1) is 11.7. The molecule has 0 fully saturated rings. The van der Waals surface area contributed by atoms with Crippen LogP contribution in [0.25, 0.3) is 0 Å². The normalized spacial score (nSPS) is 11.5. The quantitative estimate of drug-likeness (QED) is 0.444. The number of imidazole rings is 1. The van der Waals surface area contributed by atoms with E-state index >= 15 is 0 Å². The lowest BCUT2D eigenvalue weighted by Crippen LogP contribution is -2.38. The summed E-state index contributed by atoms with van der Waals surface area (Å²) in [5, 5.41) is 6.58. The van der Waals surface area contributed by atoms with Crippen LogP contribution in [0.3, 0.4) is 0 Å². The Hall–Kier alpha value is -2.37. The van der Waals surface area contributed by atoms with Gasteiger partial charge in [0.2, 0.25) is 0 Å². The Labute approximate surface area is 143 Å². The molecule has 6 heteroatoms. The summed E-state index contributed by atoms with van der Waals surface area (Å²) >= 11 is 0. The molecule has 130 valence electrons. The van der Waals surface area contributed by atoms with E-state index in [1.807, 2.05) is 37.0 Å². The second kappa shape index (κ2) is 9.70. The molecule has 0 saturated heterocycles. The van der Waals surface area contributed by atoms with Crippen LogP contribution in [-0.2, 0) is 13.0 Å². The van der Waals surface area contributed by atoms with Crippen molar-refractivity contribution in [2.75, 3.05) is 19.6 Å². The second-order valence-corrected chi connectivity index (χ2v) is 5.66. The Kier molecular flexibility index (Phi) is 7.26. The van der Waals surface area contributed by atoms with Gasteiger partial charge in [-0.1, -0.05) is 6.07 Å². The molecule has 0 aliphatic heterocycles. The zero-order valence-electron chi connectivity index (χ0n) is 14.4. The molecule has 1 heterocycles. The van der Waals surface area contributed by atoms with Crippen LogP contribution in [0.4, 0.5) is 4.39 Å². The molecule has 5 nitrogen and oxygen atoms in total. The average molecular weight is 331 g/mol. The van der Waals surface area contributed by atoms with Crippen molar-refractivity contribution in [3.05, 3.63) is 53.9 Å². The second-order valence-electron chi connectivity index (χ2n) is 5.66. The number of aromatic nitrogens is 2. The number of rotatable bonds is 8. The summed E-state index contributed by atoms with van der Waals surface area (Å²) in [6, 6.07) is 4.93. The molecule has 0 aliphatic carbocycles. The van der Waals surface area contributed by atoms with Gasteiger partial charge in [0, 0.05) is 38.6 Å². The first kappa shape index (κ1) is 18.0. The summed E-state index contributed by atoms with van der Waals surface area (Å²) in [7, 11) is 0. The lowest BCUT2D eigenvalue weighted by Gasteiger charge is -2.12. The summed E-state index contributed by atoms with van der Waals surface area (Å²) in [6.45, 7) is 7.24. The van der Waals surface area contributed by atoms with Crippen LogP contribution in [0.5, 0.6) is 0 Å². The van der Waals surface area contributed by atoms with Gasteiger partial charge in [0.15, 0.2) is 5.96 Å². The van der Waals surface area contributed by atoms with Crippen LogP contribution in [-0.4, -0.2) is 35.1 Å². The van der Waals surface area contributed by atoms with Crippen molar-refractivity contribution in [1.29, 1.82) is 0 Å². The first-order valence-electron chi connectivity index (χ1n) is 8.42. The van der Waals surface area contributed by atoms with Crippen molar-refractivity contribution < 1.29 is 4.39 Å². The third kappa shape index (κ3) is 6.02. The minimum absolute atomic E-state index is 0.183. The molecule has 0 saturated carbocycles. The number of nitrogens with zero attached hydrogens (tertiary/aromatic N) is 3. The largest absolute Gasteiger partial charge is 0.357 e. The third-order valence-corrected chi connectivity index (χ3v) is 3.74. The van der Waals surface area contributed by atoms with E-state index in [-0.39, 0.29) is 5.82 Å². The van der Waals surface area contributed by atoms with Crippen molar-refractivity contribution in [3.8, 4) is 0 Å². The number of aliphatic imine (C=N–C) groups is 1. The average Bonchev–Trinajstić information content (AvgIpc) is 3.07. The molecule has 1 aromatic heterocycles. The number of guanidine groups is 1. The Morgan fingerprint density at radius 2 is 2.21 bits per heavy atom. The van der Waals surface area contributed by atoms with Gasteiger partial charge in [0.1, 0.15) is 5.82 Å². The summed E-state index contributed by atoms with van der Waals surface area (Å²) in [5.74, 6) is 0.639. The van der Waals surface area contributed by atoms with Crippen molar-refractivity contribution in [2.24, 2.45) is 4.99 Å². The first-order valence-corrected chi connectivity index (χ1v) is 8.42. The predicted octanol–water partition coefficient (Wildman–Crippen LogP) is 2.52. The summed E-state index contributed by atoms with van der Waals surface area (Å²) in [5.41, 5.74) is 2.14. The van der Waals surface area contributed by atoms with E-state index in [4.69, 9.17) is 0 Å². The summed E-state index contributed by atoms with van der Waals surface area (Å²) in [6.07, 6.45) is 7.36. The fraction of sp³-hybridized carbons (Fsp3) is 0.444. The molecule has 0 amide bonds. The minimum Gasteiger partial charge on any atom is -0.357 e. The molecule has 0 bridgehead atoms. The molecule has 0 spiro atoms. The van der Waals surface area contributed by atoms with E-state index in [0.717, 1.165) is 56.1 Å². The highest BCUT2D eigenvalue weighted by atomic mass is 19.1. The minimum atomic E-state index is -0.183. The van der Waals surface area contributed by atoms with E-state index in [2.05, 4.69) is 20.6 Å². The van der Waals surface area contributed by atoms with Gasteiger partial charge in [-0.15, -0.1) is 0 Å². The van der Waals surface area contributed by atoms with E-state index in [0.29, 0.717) is 0 Å². The monoisotopic (exact) mass is 331 g/mol. The molecule has 0 atom stereocenters. The van der Waals surface area contributed by atoms with E-state index in [1.165, 1.54) is 6.07 Å². The highest BCUT2D eigenvalue weighted by molar-refractivity contribution is 5.79. The molecule has 0 aliphatic rings. The van der Waals surface area contributed by atoms with Crippen LogP contribution in [0.2, 0.25) is 0 Å². The van der Waals surface area contributed by atoms with E-state index in [1.54, 1.807) is 12.3 Å². The Morgan fingerprint density at radius 1 is 1.33 bits per heavy atom. The summed E-state index contributed by atoms with van der Waals surface area (Å²) < 4.78 is 15.2. The maximum Gasteiger partial charge on any atom is 0.191 e. The number of hydrogen-bond donors (Lipinski definition) is 2. The molecular weight excluding hydrogens is 305 g/mol. The van der Waals surface area contributed by atoms with Crippen LogP contribution in [0, 0.1) is 12.7 Å². The zero-order valence-corrected chi connectivity index (χ0v) is 14.4. The van der Waals surface area contributed by atoms with Crippen molar-refractivity contribution >= 4 is 5.96 Å². The van der Waals surface area contributed by atoms with E-state index < -0.39 is 0 Å². The maximum absolute atomic E-state index is 13.1. The standard InChI is InChI=1S/C18H26FN5/c1-3-21-18(22-8-4-11-24-12-10-20-14-24)23-9-7-16-5-6-17(19)13-15(16)2/h5-6,10,12-14H,3-4,7-9,11H2,1-2H3,(H2,21,22,23). The van der Waals surface area contributed by atoms with Crippen molar-refractivity contribution in [3.63, 3.8) is 0 Å². The van der Waals surface area contributed by atoms with Gasteiger partial charge in [-0.05, 0) is 49.9 Å². The third-order valence-electron chi connectivity index (χ3n) is 3.74. The molecule has 0 radical (unpaired) electrons. The van der Waals surface area contributed by atoms with Crippen molar-refractivity contribution in [1.82, 2.24) is 20.2 Å². The fourth-order valence-corrected chi connectivity index (χ4v) is 2.46. The lowest BCUT2D eigenvalue weighted by atomic mass is 10.1. The Balaban J connectivity index is 1.76. The fourth-order valence-electron chi connectivity index (χ4n) is 2.46. The molecule has 2 rings (SSSR count). The smallest absolute Gasteiger partial charge is 0.191 e. The number of nitrogens with one attached hydrogen (secondary N) is 2. The van der Waals surface area contributed by atoms with Gasteiger partial charge in [-0.3, -0.25) is 4.99 Å². The lowest BCUT2D eigenvalue weighted by molar-refractivity contribution is 0.625. The van der Waals surface area contributed by atoms with Crippen LogP contribution < -0.4 is 10.6 Å². The van der Waals surface area contributed by atoms with Gasteiger partial charge in [-0.2, -0.15) is 0 Å². The SMILES string of the molecule is CCNC(=NCCCn1ccnc1)NCCc1ccc(F)cc1C. The highest BCUT2D eigenvalue weighted by Crippen LogP contribution is 2.10. The van der Waals surface area contributed by atoms with Gasteiger partial charge >= 0.3 is 0 Å². The molecular formula is C18H26FN5. The molecule has 2 N–H and O–H groups in total. The van der Waals surface area contributed by atoms with Crippen LogP contribution in [0.1, 0.15) is 24.5 Å². The molecule has 0 unspecified atom stereocenters. The number of aryl methyl sites for hydroxylation is 2. The van der Waals surface area contributed by atoms with Gasteiger partial charge in [0.25, 0.3) is 0 Å². The van der Waals surface area contributed by atoms with Gasteiger partial charge in [-0.25, -0.2) is 9.37 Å². The van der Waals surface area contributed by atoms with Gasteiger partial charge in [0.05, 0.1) is 6.33 Å². The number of hydrogen-bond acceptors (Lipinski definition) is 2. The molecule has 24 heavy (non-hydrogen) atoms. The predicted molar refractivity (Wildman–Crippen MR) is 95.7 cm³/mol. The number of benzene rings is 1. The Bertz CT molecular complexity index is 637.